The van der Waals surface area contributed by atoms with E-state index >= 15 is 0 Å². The van der Waals surface area contributed by atoms with Gasteiger partial charge in [0.05, 0.1) is 18.2 Å². The van der Waals surface area contributed by atoms with E-state index in [1.807, 2.05) is 6.07 Å². The zero-order valence-electron chi connectivity index (χ0n) is 21.3. The molecule has 3 aromatic carbocycles. The summed E-state index contributed by atoms with van der Waals surface area (Å²) in [5, 5.41) is 15.6. The summed E-state index contributed by atoms with van der Waals surface area (Å²) in [6.07, 6.45) is 0. The zero-order chi connectivity index (χ0) is 29.1. The summed E-state index contributed by atoms with van der Waals surface area (Å²) in [7, 11) is 0. The average molecular weight is 605 g/mol. The Hall–Kier alpha value is -3.97. The van der Waals surface area contributed by atoms with Crippen molar-refractivity contribution in [3.05, 3.63) is 91.9 Å². The lowest BCUT2D eigenvalue weighted by Gasteiger charge is -2.14. The minimum atomic E-state index is -0.575. The third-order valence-electron chi connectivity index (χ3n) is 5.19. The van der Waals surface area contributed by atoms with Crippen molar-refractivity contribution in [1.82, 2.24) is 10.6 Å². The fourth-order valence-electron chi connectivity index (χ4n) is 3.40. The van der Waals surface area contributed by atoms with Gasteiger partial charge in [-0.3, -0.25) is 14.4 Å². The van der Waals surface area contributed by atoms with Crippen LogP contribution in [0.2, 0.25) is 15.1 Å². The number of benzene rings is 3. The number of nitrogens with one attached hydrogen (secondary N) is 2. The van der Waals surface area contributed by atoms with Crippen LogP contribution in [0.15, 0.2) is 54.6 Å². The number of nitrogens with zero attached hydrogens (tertiary/aromatic N) is 1. The van der Waals surface area contributed by atoms with Gasteiger partial charge in [-0.15, -0.1) is 0 Å². The number of hydrogen-bond donors (Lipinski definition) is 2. The molecule has 3 rings (SSSR count). The number of nitriles is 1. The fourth-order valence-corrected chi connectivity index (χ4v) is 4.19. The first-order valence-electron chi connectivity index (χ1n) is 11.9. The number of esters is 1. The summed E-state index contributed by atoms with van der Waals surface area (Å²) >= 11 is 18.3. The molecular formula is C28H24Cl3N3O6. The van der Waals surface area contributed by atoms with Crippen molar-refractivity contribution >= 4 is 52.6 Å². The van der Waals surface area contributed by atoms with Gasteiger partial charge in [-0.05, 0) is 61.0 Å². The van der Waals surface area contributed by atoms with Crippen LogP contribution in [-0.2, 0) is 27.5 Å². The largest absolute Gasteiger partial charge is 0.489 e. The molecule has 0 aliphatic carbocycles. The van der Waals surface area contributed by atoms with E-state index in [2.05, 4.69) is 10.6 Å². The second-order valence-electron chi connectivity index (χ2n) is 8.23. The second kappa shape index (κ2) is 15.0. The van der Waals surface area contributed by atoms with Crippen molar-refractivity contribution in [2.45, 2.75) is 20.1 Å². The summed E-state index contributed by atoms with van der Waals surface area (Å²) in [4.78, 5) is 36.4. The maximum absolute atomic E-state index is 12.9. The summed E-state index contributed by atoms with van der Waals surface area (Å²) in [6.45, 7) is 1.32. The number of carbonyl (C=O) groups excluding carboxylic acids is 3. The van der Waals surface area contributed by atoms with E-state index in [0.29, 0.717) is 31.9 Å². The van der Waals surface area contributed by atoms with Gasteiger partial charge in [0.2, 0.25) is 0 Å². The standard InChI is InChI=1S/C28H24Cl3N3O6/c1-2-38-27(36)14-33-26(35)16-40-25-7-17(12-32)3-4-19(25)13-34-28(37)20-8-23(31)11-24(9-20)39-15-18-5-21(29)10-22(30)6-18/h3-11H,2,13-16H2,1H3,(H,33,35)(H,34,37). The van der Waals surface area contributed by atoms with Gasteiger partial charge in [0.25, 0.3) is 11.8 Å². The van der Waals surface area contributed by atoms with Crippen LogP contribution in [0, 0.1) is 11.3 Å². The molecule has 208 valence electrons. The number of amides is 2. The molecule has 0 aliphatic heterocycles. The lowest BCUT2D eigenvalue weighted by atomic mass is 10.1. The fraction of sp³-hybridized carbons (Fsp3) is 0.214. The van der Waals surface area contributed by atoms with Gasteiger partial charge in [-0.25, -0.2) is 0 Å². The van der Waals surface area contributed by atoms with Gasteiger partial charge < -0.3 is 24.8 Å². The number of carbonyl (C=O) groups is 3. The van der Waals surface area contributed by atoms with Gasteiger partial charge in [0.1, 0.15) is 24.7 Å². The molecule has 0 spiro atoms. The first kappa shape index (κ1) is 30.6. The van der Waals surface area contributed by atoms with Crippen LogP contribution in [0.5, 0.6) is 11.5 Å². The Balaban J connectivity index is 1.63. The monoisotopic (exact) mass is 603 g/mol. The highest BCUT2D eigenvalue weighted by Crippen LogP contribution is 2.25. The van der Waals surface area contributed by atoms with Crippen molar-refractivity contribution in [3.8, 4) is 17.6 Å². The Labute approximate surface area is 245 Å². The average Bonchev–Trinajstić information content (AvgIpc) is 2.92. The minimum Gasteiger partial charge on any atom is -0.489 e. The molecule has 0 aliphatic rings. The van der Waals surface area contributed by atoms with Crippen molar-refractivity contribution < 1.29 is 28.6 Å². The third kappa shape index (κ3) is 9.65. The Morgan fingerprint density at radius 3 is 2.33 bits per heavy atom. The molecule has 0 saturated carbocycles. The van der Waals surface area contributed by atoms with Gasteiger partial charge in [0, 0.05) is 32.7 Å². The zero-order valence-corrected chi connectivity index (χ0v) is 23.5. The molecule has 40 heavy (non-hydrogen) atoms. The van der Waals surface area contributed by atoms with Gasteiger partial charge in [-0.2, -0.15) is 5.26 Å². The number of halogens is 3. The summed E-state index contributed by atoms with van der Waals surface area (Å²) in [5.74, 6) is -0.988. The van der Waals surface area contributed by atoms with E-state index in [0.717, 1.165) is 5.56 Å². The maximum atomic E-state index is 12.9. The second-order valence-corrected chi connectivity index (χ2v) is 9.54. The normalized spacial score (nSPS) is 10.3. The molecule has 12 heteroatoms. The first-order valence-corrected chi connectivity index (χ1v) is 13.0. The van der Waals surface area contributed by atoms with E-state index in [1.165, 1.54) is 18.2 Å². The number of ether oxygens (including phenoxy) is 3. The molecular weight excluding hydrogens is 581 g/mol. The maximum Gasteiger partial charge on any atom is 0.325 e. The van der Waals surface area contributed by atoms with Crippen LogP contribution in [0.4, 0.5) is 0 Å². The van der Waals surface area contributed by atoms with E-state index in [1.54, 1.807) is 43.3 Å². The summed E-state index contributed by atoms with van der Waals surface area (Å²) in [5.41, 5.74) is 1.81. The molecule has 0 radical (unpaired) electrons. The number of rotatable bonds is 12. The smallest absolute Gasteiger partial charge is 0.325 e. The van der Waals surface area contributed by atoms with E-state index in [4.69, 9.17) is 49.0 Å². The molecule has 0 heterocycles. The highest BCUT2D eigenvalue weighted by molar-refractivity contribution is 6.34. The van der Waals surface area contributed by atoms with Crippen molar-refractivity contribution in [2.24, 2.45) is 0 Å². The molecule has 0 saturated heterocycles. The topological polar surface area (TPSA) is 127 Å². The van der Waals surface area contributed by atoms with E-state index in [-0.39, 0.29) is 37.6 Å². The predicted molar refractivity (Wildman–Crippen MR) is 150 cm³/mol. The third-order valence-corrected chi connectivity index (χ3v) is 5.85. The van der Waals surface area contributed by atoms with Crippen LogP contribution >= 0.6 is 34.8 Å². The van der Waals surface area contributed by atoms with Crippen LogP contribution in [-0.4, -0.2) is 37.5 Å². The van der Waals surface area contributed by atoms with Crippen LogP contribution in [0.3, 0.4) is 0 Å². The Kier molecular flexibility index (Phi) is 11.5. The Morgan fingerprint density at radius 2 is 1.62 bits per heavy atom. The van der Waals surface area contributed by atoms with Crippen LogP contribution in [0.1, 0.15) is 34.0 Å². The summed E-state index contributed by atoms with van der Waals surface area (Å²) < 4.78 is 16.1. The van der Waals surface area contributed by atoms with Gasteiger partial charge in [-0.1, -0.05) is 40.9 Å². The van der Waals surface area contributed by atoms with Crippen molar-refractivity contribution in [3.63, 3.8) is 0 Å². The molecule has 0 unspecified atom stereocenters. The molecule has 0 atom stereocenters. The molecule has 2 amide bonds. The quantitative estimate of drug-likeness (QED) is 0.276. The lowest BCUT2D eigenvalue weighted by Crippen LogP contribution is -2.34. The molecule has 0 aromatic heterocycles. The Bertz CT molecular complexity index is 1420. The minimum absolute atomic E-state index is 0.0219. The lowest BCUT2D eigenvalue weighted by molar-refractivity contribution is -0.143. The van der Waals surface area contributed by atoms with E-state index < -0.39 is 24.4 Å². The molecule has 3 aromatic rings. The SMILES string of the molecule is CCOC(=O)CNC(=O)COc1cc(C#N)ccc1CNC(=O)c1cc(Cl)cc(OCc2cc(Cl)cc(Cl)c2)c1. The van der Waals surface area contributed by atoms with Gasteiger partial charge in [0.15, 0.2) is 6.61 Å². The first-order chi connectivity index (χ1) is 19.2. The molecule has 9 nitrogen and oxygen atoms in total. The summed E-state index contributed by atoms with van der Waals surface area (Å²) in [6, 6.07) is 16.3. The van der Waals surface area contributed by atoms with Crippen molar-refractivity contribution in [2.75, 3.05) is 19.8 Å². The highest BCUT2D eigenvalue weighted by Gasteiger charge is 2.14. The van der Waals surface area contributed by atoms with E-state index in [9.17, 15) is 19.6 Å². The molecule has 2 N–H and O–H groups in total. The Morgan fingerprint density at radius 1 is 0.900 bits per heavy atom. The predicted octanol–water partition coefficient (Wildman–Crippen LogP) is 5.09. The van der Waals surface area contributed by atoms with Crippen molar-refractivity contribution in [1.29, 1.82) is 5.26 Å². The molecule has 0 bridgehead atoms. The number of hydrogen-bond acceptors (Lipinski definition) is 7. The molecule has 0 fully saturated rings. The van der Waals surface area contributed by atoms with Crippen LogP contribution < -0.4 is 20.1 Å². The van der Waals surface area contributed by atoms with Gasteiger partial charge >= 0.3 is 5.97 Å². The highest BCUT2D eigenvalue weighted by atomic mass is 35.5. The van der Waals surface area contributed by atoms with Crippen LogP contribution in [0.25, 0.3) is 0 Å².